The fraction of sp³-hybridized carbons (Fsp3) is 0.898. The quantitative estimate of drug-likeness (QED) is 0.0468. The van der Waals surface area contributed by atoms with Crippen LogP contribution in [0.4, 0.5) is 0 Å². The highest BCUT2D eigenvalue weighted by Gasteiger charge is 2.59. The van der Waals surface area contributed by atoms with Crippen molar-refractivity contribution in [3.63, 3.8) is 0 Å². The number of nitrogens with zero attached hydrogens (tertiary/aromatic N) is 1. The molecule has 0 radical (unpaired) electrons. The van der Waals surface area contributed by atoms with Crippen molar-refractivity contribution in [1.82, 2.24) is 4.90 Å². The first-order valence-corrected chi connectivity index (χ1v) is 27.9. The highest BCUT2D eigenvalue weighted by Crippen LogP contribution is 2.67. The number of likely N-dealkylation sites (N-methyl/N-ethyl adjacent to an activating group) is 1. The minimum atomic E-state index is 0.439. The van der Waals surface area contributed by atoms with E-state index in [2.05, 4.69) is 90.9 Å². The van der Waals surface area contributed by atoms with E-state index < -0.39 is 0 Å². The third-order valence-corrected chi connectivity index (χ3v) is 17.6. The highest BCUT2D eigenvalue weighted by molar-refractivity contribution is 5.25. The SMILES string of the molecule is CCCCC/C=C\C/C=C\CCCCCCCCOCC(CCCCCCCCCCO[C@H]1CC[C@@]2(C)C(=CC[C@H]3[C@@H]4CC[C@H]([C@H](C)CCCC(C)C)[C@@]4(C)CC[C@@H]32)C1)N(C)C. The second-order valence-electron chi connectivity index (χ2n) is 22.9. The molecule has 4 rings (SSSR count). The second-order valence-corrected chi connectivity index (χ2v) is 22.9. The summed E-state index contributed by atoms with van der Waals surface area (Å²) in [6.45, 7) is 17.9. The Morgan fingerprint density at radius 1 is 0.661 bits per heavy atom. The Labute approximate surface area is 388 Å². The molecule has 4 aliphatic rings. The molecule has 0 heterocycles. The van der Waals surface area contributed by atoms with Crippen LogP contribution in [0.1, 0.15) is 247 Å². The lowest BCUT2D eigenvalue weighted by Gasteiger charge is -2.58. The first-order valence-electron chi connectivity index (χ1n) is 27.9. The maximum Gasteiger partial charge on any atom is 0.0621 e. The minimum absolute atomic E-state index is 0.439. The van der Waals surface area contributed by atoms with Gasteiger partial charge in [-0.1, -0.05) is 180 Å². The van der Waals surface area contributed by atoms with E-state index in [1.807, 2.05) is 0 Å². The van der Waals surface area contributed by atoms with Crippen LogP contribution in [-0.4, -0.2) is 51.0 Å². The lowest BCUT2D eigenvalue weighted by atomic mass is 9.47. The van der Waals surface area contributed by atoms with Crippen LogP contribution in [0.15, 0.2) is 36.0 Å². The standard InChI is InChI=1S/C59H107NO2/c1-9-10-11-12-13-14-15-16-17-18-19-20-22-25-28-31-45-61-48-52(60(7)8)36-30-27-24-21-23-26-29-32-46-62-53-41-43-58(5)51(47-53)37-38-54-56-40-39-55(50(4)35-33-34-49(2)3)59(56,6)44-42-57(54)58/h13-14,16-17,37,49-50,52-57H,9-12,15,18-36,38-48H2,1-8H3/b14-13-,17-16-/t50-,52?,53+,54+,55-,56+,57+,58+,59-/m1/s1. The third-order valence-electron chi connectivity index (χ3n) is 17.6. The van der Waals surface area contributed by atoms with E-state index in [1.54, 1.807) is 5.57 Å². The van der Waals surface area contributed by atoms with Crippen LogP contribution in [0, 0.1) is 46.3 Å². The van der Waals surface area contributed by atoms with Crippen molar-refractivity contribution in [3.05, 3.63) is 36.0 Å². The summed E-state index contributed by atoms with van der Waals surface area (Å²) in [5, 5.41) is 0. The van der Waals surface area contributed by atoms with Crippen molar-refractivity contribution in [2.24, 2.45) is 46.3 Å². The van der Waals surface area contributed by atoms with Gasteiger partial charge >= 0.3 is 0 Å². The topological polar surface area (TPSA) is 21.7 Å². The van der Waals surface area contributed by atoms with Crippen molar-refractivity contribution in [3.8, 4) is 0 Å². The van der Waals surface area contributed by atoms with E-state index in [0.29, 0.717) is 23.0 Å². The largest absolute Gasteiger partial charge is 0.380 e. The van der Waals surface area contributed by atoms with Gasteiger partial charge in [-0.25, -0.2) is 0 Å². The van der Waals surface area contributed by atoms with Crippen LogP contribution in [0.25, 0.3) is 0 Å². The summed E-state index contributed by atoms with van der Waals surface area (Å²) in [5.74, 6) is 5.53. The molecule has 4 aliphatic carbocycles. The fourth-order valence-corrected chi connectivity index (χ4v) is 13.5. The van der Waals surface area contributed by atoms with Gasteiger partial charge in [0, 0.05) is 19.3 Å². The summed E-state index contributed by atoms with van der Waals surface area (Å²) in [5.41, 5.74) is 2.82. The average molecular weight is 863 g/mol. The van der Waals surface area contributed by atoms with Crippen LogP contribution in [0.3, 0.4) is 0 Å². The zero-order chi connectivity index (χ0) is 44.5. The van der Waals surface area contributed by atoms with Gasteiger partial charge in [0.15, 0.2) is 0 Å². The van der Waals surface area contributed by atoms with Gasteiger partial charge < -0.3 is 14.4 Å². The summed E-state index contributed by atoms with van der Waals surface area (Å²) >= 11 is 0. The van der Waals surface area contributed by atoms with Gasteiger partial charge in [-0.05, 0) is 163 Å². The molecule has 3 nitrogen and oxygen atoms in total. The molecule has 0 N–H and O–H groups in total. The van der Waals surface area contributed by atoms with Crippen LogP contribution >= 0.6 is 0 Å². The Hall–Kier alpha value is -0.900. The van der Waals surface area contributed by atoms with E-state index in [0.717, 1.165) is 61.7 Å². The van der Waals surface area contributed by atoms with Crippen molar-refractivity contribution >= 4 is 0 Å². The summed E-state index contributed by atoms with van der Waals surface area (Å²) in [6.07, 6.45) is 55.9. The zero-order valence-corrected chi connectivity index (χ0v) is 43.0. The van der Waals surface area contributed by atoms with Crippen molar-refractivity contribution in [1.29, 1.82) is 0 Å². The van der Waals surface area contributed by atoms with E-state index in [9.17, 15) is 0 Å². The fourth-order valence-electron chi connectivity index (χ4n) is 13.5. The first kappa shape index (κ1) is 53.7. The van der Waals surface area contributed by atoms with Crippen LogP contribution in [-0.2, 0) is 9.47 Å². The van der Waals surface area contributed by atoms with E-state index in [4.69, 9.17) is 9.47 Å². The molecule has 1 unspecified atom stereocenters. The number of hydrogen-bond acceptors (Lipinski definition) is 3. The van der Waals surface area contributed by atoms with Crippen molar-refractivity contribution in [2.75, 3.05) is 33.9 Å². The Kier molecular flexibility index (Phi) is 26.3. The predicted molar refractivity (Wildman–Crippen MR) is 272 cm³/mol. The molecule has 0 aliphatic heterocycles. The monoisotopic (exact) mass is 862 g/mol. The zero-order valence-electron chi connectivity index (χ0n) is 43.0. The summed E-state index contributed by atoms with van der Waals surface area (Å²) < 4.78 is 12.8. The third kappa shape index (κ3) is 18.1. The van der Waals surface area contributed by atoms with Crippen molar-refractivity contribution in [2.45, 2.75) is 259 Å². The maximum atomic E-state index is 6.62. The molecule has 9 atom stereocenters. The van der Waals surface area contributed by atoms with Crippen LogP contribution in [0.5, 0.6) is 0 Å². The lowest BCUT2D eigenvalue weighted by Crippen LogP contribution is -2.51. The normalized spacial score (nSPS) is 28.5. The lowest BCUT2D eigenvalue weighted by molar-refractivity contribution is -0.0641. The Morgan fingerprint density at radius 2 is 1.31 bits per heavy atom. The maximum absolute atomic E-state index is 6.62. The molecule has 62 heavy (non-hydrogen) atoms. The Bertz CT molecular complexity index is 1230. The number of fused-ring (bicyclic) bond motifs is 5. The van der Waals surface area contributed by atoms with E-state index in [1.165, 1.54) is 199 Å². The highest BCUT2D eigenvalue weighted by atomic mass is 16.5. The molecular weight excluding hydrogens is 755 g/mol. The number of unbranched alkanes of at least 4 members (excludes halogenated alkanes) is 16. The van der Waals surface area contributed by atoms with Gasteiger partial charge in [-0.2, -0.15) is 0 Å². The Morgan fingerprint density at radius 3 is 1.98 bits per heavy atom. The molecule has 3 saturated carbocycles. The van der Waals surface area contributed by atoms with Gasteiger partial charge in [0.25, 0.3) is 0 Å². The first-order chi connectivity index (χ1) is 30.1. The van der Waals surface area contributed by atoms with Gasteiger partial charge in [0.2, 0.25) is 0 Å². The molecule has 0 saturated heterocycles. The number of ether oxygens (including phenoxy) is 2. The molecule has 0 spiro atoms. The molecule has 0 aromatic rings. The average Bonchev–Trinajstić information content (AvgIpc) is 3.61. The van der Waals surface area contributed by atoms with E-state index in [-0.39, 0.29) is 0 Å². The molecule has 3 heteroatoms. The smallest absolute Gasteiger partial charge is 0.0621 e. The van der Waals surface area contributed by atoms with Crippen LogP contribution in [0.2, 0.25) is 0 Å². The number of hydrogen-bond donors (Lipinski definition) is 0. The summed E-state index contributed by atoms with van der Waals surface area (Å²) in [7, 11) is 4.47. The molecule has 3 fully saturated rings. The Balaban J connectivity index is 0.956. The van der Waals surface area contributed by atoms with Gasteiger partial charge in [-0.15, -0.1) is 0 Å². The van der Waals surface area contributed by atoms with E-state index >= 15 is 0 Å². The predicted octanol–water partition coefficient (Wildman–Crippen LogP) is 17.7. The molecule has 0 bridgehead atoms. The second kappa shape index (κ2) is 30.4. The molecular formula is C59H107NO2. The molecule has 0 amide bonds. The molecule has 360 valence electrons. The molecule has 0 aromatic heterocycles. The van der Waals surface area contributed by atoms with Crippen LogP contribution < -0.4 is 0 Å². The van der Waals surface area contributed by atoms with Gasteiger partial charge in [0.05, 0.1) is 12.7 Å². The summed E-state index contributed by atoms with van der Waals surface area (Å²) in [4.78, 5) is 2.39. The van der Waals surface area contributed by atoms with Gasteiger partial charge in [-0.3, -0.25) is 0 Å². The summed E-state index contributed by atoms with van der Waals surface area (Å²) in [6, 6.07) is 0.561. The minimum Gasteiger partial charge on any atom is -0.380 e. The molecule has 0 aromatic carbocycles. The van der Waals surface area contributed by atoms with Crippen molar-refractivity contribution < 1.29 is 9.47 Å². The van der Waals surface area contributed by atoms with Gasteiger partial charge in [0.1, 0.15) is 0 Å². The number of rotatable bonds is 35. The number of allylic oxidation sites excluding steroid dienone is 5.